The molecule has 0 aliphatic carbocycles. The molecule has 0 aliphatic heterocycles. The van der Waals surface area contributed by atoms with E-state index in [-0.39, 0.29) is 0 Å². The molecule has 3 nitrogen and oxygen atoms in total. The van der Waals surface area contributed by atoms with Crippen LogP contribution in [0.15, 0.2) is 47.9 Å². The Kier molecular flexibility index (Phi) is 3.82. The van der Waals surface area contributed by atoms with Gasteiger partial charge in [0.15, 0.2) is 0 Å². The summed E-state index contributed by atoms with van der Waals surface area (Å²) >= 11 is 1.40. The predicted octanol–water partition coefficient (Wildman–Crippen LogP) is 4.28. The van der Waals surface area contributed by atoms with Crippen LogP contribution in [0.1, 0.15) is 11.1 Å². The second-order valence-corrected chi connectivity index (χ2v) is 5.79. The number of halogens is 3. The Hall–Kier alpha value is -2.02. The van der Waals surface area contributed by atoms with Gasteiger partial charge in [0.25, 0.3) is 0 Å². The van der Waals surface area contributed by atoms with Crippen LogP contribution in [-0.4, -0.2) is 14.5 Å². The van der Waals surface area contributed by atoms with Gasteiger partial charge in [0, 0.05) is 19.0 Å². The fourth-order valence-corrected chi connectivity index (χ4v) is 3.17. The van der Waals surface area contributed by atoms with Gasteiger partial charge in [-0.05, 0) is 17.7 Å². The molecular weight excluding hydrogens is 311 g/mol. The summed E-state index contributed by atoms with van der Waals surface area (Å²) < 4.78 is 40.0. The average Bonchev–Trinajstić information content (AvgIpc) is 2.87. The second-order valence-electron chi connectivity index (χ2n) is 4.83. The molecule has 114 valence electrons. The summed E-state index contributed by atoms with van der Waals surface area (Å²) in [5.41, 5.74) is 1.70. The van der Waals surface area contributed by atoms with E-state index in [1.54, 1.807) is 18.6 Å². The Bertz CT molecular complexity index is 811. The number of benzene rings is 1. The first-order valence-electron chi connectivity index (χ1n) is 6.50. The Balaban J connectivity index is 1.84. The highest BCUT2D eigenvalue weighted by molar-refractivity contribution is 7.98. The number of thioether (sulfide) groups is 1. The van der Waals surface area contributed by atoms with Gasteiger partial charge in [0.1, 0.15) is 10.5 Å². The monoisotopic (exact) mass is 323 g/mol. The molecule has 0 bridgehead atoms. The molecule has 0 fully saturated rings. The van der Waals surface area contributed by atoms with E-state index in [0.717, 1.165) is 22.1 Å². The maximum absolute atomic E-state index is 12.7. The lowest BCUT2D eigenvalue weighted by molar-refractivity contribution is -0.137. The van der Waals surface area contributed by atoms with Crippen molar-refractivity contribution < 1.29 is 13.2 Å². The Morgan fingerprint density at radius 2 is 2.00 bits per heavy atom. The molecule has 0 atom stereocenters. The Morgan fingerprint density at radius 1 is 1.18 bits per heavy atom. The third-order valence-corrected chi connectivity index (χ3v) is 4.27. The van der Waals surface area contributed by atoms with Crippen molar-refractivity contribution in [2.45, 2.75) is 17.0 Å². The SMILES string of the molecule is Cn1cnc2ccnc(SCc3cccc(C(F)(F)F)c3)c21. The number of nitrogens with zero attached hydrogens (tertiary/aromatic N) is 3. The molecule has 3 aromatic rings. The molecule has 1 aromatic carbocycles. The number of fused-ring (bicyclic) bond motifs is 1. The molecule has 2 aromatic heterocycles. The molecule has 0 saturated carbocycles. The van der Waals surface area contributed by atoms with Crippen molar-refractivity contribution in [3.63, 3.8) is 0 Å². The molecule has 2 heterocycles. The summed E-state index contributed by atoms with van der Waals surface area (Å²) in [5, 5.41) is 0.759. The van der Waals surface area contributed by atoms with Gasteiger partial charge in [-0.25, -0.2) is 9.97 Å². The Morgan fingerprint density at radius 3 is 2.77 bits per heavy atom. The molecular formula is C15H12F3N3S. The first-order valence-corrected chi connectivity index (χ1v) is 7.48. The van der Waals surface area contributed by atoms with E-state index < -0.39 is 11.7 Å². The first-order chi connectivity index (χ1) is 10.4. The molecule has 0 saturated heterocycles. The van der Waals surface area contributed by atoms with Crippen LogP contribution in [0.3, 0.4) is 0 Å². The van der Waals surface area contributed by atoms with E-state index in [2.05, 4.69) is 9.97 Å². The molecule has 0 aliphatic rings. The smallest absolute Gasteiger partial charge is 0.332 e. The topological polar surface area (TPSA) is 30.7 Å². The normalized spacial score (nSPS) is 12.0. The average molecular weight is 323 g/mol. The van der Waals surface area contributed by atoms with E-state index in [4.69, 9.17) is 0 Å². The molecule has 0 unspecified atom stereocenters. The number of rotatable bonds is 3. The first kappa shape index (κ1) is 14.9. The van der Waals surface area contributed by atoms with E-state index in [1.807, 2.05) is 17.7 Å². The minimum atomic E-state index is -4.32. The van der Waals surface area contributed by atoms with Gasteiger partial charge >= 0.3 is 6.18 Å². The van der Waals surface area contributed by atoms with Crippen molar-refractivity contribution in [2.75, 3.05) is 0 Å². The van der Waals surface area contributed by atoms with Crippen molar-refractivity contribution in [3.05, 3.63) is 54.0 Å². The molecule has 0 radical (unpaired) electrons. The zero-order valence-corrected chi connectivity index (χ0v) is 12.4. The van der Waals surface area contributed by atoms with Gasteiger partial charge in [-0.15, -0.1) is 0 Å². The van der Waals surface area contributed by atoms with E-state index in [9.17, 15) is 13.2 Å². The largest absolute Gasteiger partial charge is 0.416 e. The Labute approximate surface area is 129 Å². The maximum Gasteiger partial charge on any atom is 0.416 e. The van der Waals surface area contributed by atoms with Gasteiger partial charge in [-0.2, -0.15) is 13.2 Å². The van der Waals surface area contributed by atoms with Crippen LogP contribution in [0.5, 0.6) is 0 Å². The lowest BCUT2D eigenvalue weighted by Crippen LogP contribution is -2.04. The van der Waals surface area contributed by atoms with Crippen molar-refractivity contribution in [3.8, 4) is 0 Å². The molecule has 0 amide bonds. The second kappa shape index (κ2) is 5.64. The van der Waals surface area contributed by atoms with Crippen LogP contribution in [0.2, 0.25) is 0 Å². The van der Waals surface area contributed by atoms with E-state index in [1.165, 1.54) is 23.9 Å². The molecule has 22 heavy (non-hydrogen) atoms. The summed E-state index contributed by atoms with van der Waals surface area (Å²) in [7, 11) is 1.87. The summed E-state index contributed by atoms with van der Waals surface area (Å²) in [6.07, 6.45) is -0.967. The predicted molar refractivity (Wildman–Crippen MR) is 79.5 cm³/mol. The standard InChI is InChI=1S/C15H12F3N3S/c1-21-9-20-12-5-6-19-14(13(12)21)22-8-10-3-2-4-11(7-10)15(16,17)18/h2-7,9H,8H2,1H3. The van der Waals surface area contributed by atoms with Crippen molar-refractivity contribution >= 4 is 22.8 Å². The lowest BCUT2D eigenvalue weighted by Gasteiger charge is -2.09. The van der Waals surface area contributed by atoms with Crippen LogP contribution in [0, 0.1) is 0 Å². The van der Waals surface area contributed by atoms with Gasteiger partial charge in [-0.1, -0.05) is 30.0 Å². The molecule has 0 N–H and O–H groups in total. The lowest BCUT2D eigenvalue weighted by atomic mass is 10.1. The third kappa shape index (κ3) is 2.94. The summed E-state index contributed by atoms with van der Waals surface area (Å²) in [5.74, 6) is 0.418. The molecule has 0 spiro atoms. The van der Waals surface area contributed by atoms with Crippen LogP contribution in [0.25, 0.3) is 11.0 Å². The van der Waals surface area contributed by atoms with Gasteiger partial charge in [0.2, 0.25) is 0 Å². The van der Waals surface area contributed by atoms with Gasteiger partial charge in [0.05, 0.1) is 17.4 Å². The summed E-state index contributed by atoms with van der Waals surface area (Å²) in [6.45, 7) is 0. The van der Waals surface area contributed by atoms with Crippen molar-refractivity contribution in [1.82, 2.24) is 14.5 Å². The zero-order valence-electron chi connectivity index (χ0n) is 11.6. The van der Waals surface area contributed by atoms with Crippen LogP contribution in [-0.2, 0) is 19.0 Å². The quantitative estimate of drug-likeness (QED) is 0.674. The van der Waals surface area contributed by atoms with E-state index in [0.29, 0.717) is 11.3 Å². The van der Waals surface area contributed by atoms with Crippen molar-refractivity contribution in [2.24, 2.45) is 7.05 Å². The van der Waals surface area contributed by atoms with Crippen LogP contribution >= 0.6 is 11.8 Å². The van der Waals surface area contributed by atoms with Crippen molar-refractivity contribution in [1.29, 1.82) is 0 Å². The highest BCUT2D eigenvalue weighted by atomic mass is 32.2. The van der Waals surface area contributed by atoms with E-state index >= 15 is 0 Å². The zero-order chi connectivity index (χ0) is 15.7. The maximum atomic E-state index is 12.7. The fourth-order valence-electron chi connectivity index (χ4n) is 2.16. The number of hydrogen-bond donors (Lipinski definition) is 0. The summed E-state index contributed by atoms with van der Waals surface area (Å²) in [6, 6.07) is 7.18. The summed E-state index contributed by atoms with van der Waals surface area (Å²) in [4.78, 5) is 8.55. The number of pyridine rings is 1. The van der Waals surface area contributed by atoms with Gasteiger partial charge in [-0.3, -0.25) is 0 Å². The number of alkyl halides is 3. The van der Waals surface area contributed by atoms with Crippen LogP contribution < -0.4 is 0 Å². The number of hydrogen-bond acceptors (Lipinski definition) is 3. The van der Waals surface area contributed by atoms with Crippen LogP contribution in [0.4, 0.5) is 13.2 Å². The number of imidazole rings is 1. The molecule has 3 rings (SSSR count). The highest BCUT2D eigenvalue weighted by Gasteiger charge is 2.30. The minimum Gasteiger partial charge on any atom is -0.332 e. The minimum absolute atomic E-state index is 0.418. The highest BCUT2D eigenvalue weighted by Crippen LogP contribution is 2.32. The number of aryl methyl sites for hydroxylation is 1. The number of aromatic nitrogens is 3. The molecule has 7 heteroatoms. The fraction of sp³-hybridized carbons (Fsp3) is 0.200. The third-order valence-electron chi connectivity index (χ3n) is 3.22. The van der Waals surface area contributed by atoms with Gasteiger partial charge < -0.3 is 4.57 Å².